The molecule has 0 heterocycles. The molecule has 0 aromatic heterocycles. The average molecular weight is 230 g/mol. The van der Waals surface area contributed by atoms with E-state index in [0.717, 1.165) is 0 Å². The third kappa shape index (κ3) is 10.9. The molecule has 0 saturated carbocycles. The summed E-state index contributed by atoms with van der Waals surface area (Å²) < 4.78 is 15.1. The lowest BCUT2D eigenvalue weighted by atomic mass is 10.5. The average Bonchev–Trinajstić information content (AvgIpc) is 2.27. The summed E-state index contributed by atoms with van der Waals surface area (Å²) in [7, 11) is 1.62. The largest absolute Gasteiger partial charge is 0.382 e. The summed E-state index contributed by atoms with van der Waals surface area (Å²) in [6, 6.07) is 0. The summed E-state index contributed by atoms with van der Waals surface area (Å²) in [5.41, 5.74) is 0. The van der Waals surface area contributed by atoms with Crippen molar-refractivity contribution in [3.05, 3.63) is 11.4 Å². The van der Waals surface area contributed by atoms with Crippen LogP contribution in [-0.2, 0) is 19.0 Å². The van der Waals surface area contributed by atoms with Gasteiger partial charge in [-0.05, 0) is 0 Å². The SMILES string of the molecule is [C-]#[N+]CC(=O)NCCOCCOCCOC. The number of nitrogens with zero attached hydrogens (tertiary/aromatic N) is 1. The van der Waals surface area contributed by atoms with Crippen LogP contribution in [0.25, 0.3) is 4.85 Å². The van der Waals surface area contributed by atoms with E-state index in [4.69, 9.17) is 20.8 Å². The maximum atomic E-state index is 10.8. The molecule has 0 unspecified atom stereocenters. The lowest BCUT2D eigenvalue weighted by Crippen LogP contribution is -2.29. The molecule has 92 valence electrons. The molecule has 16 heavy (non-hydrogen) atoms. The van der Waals surface area contributed by atoms with E-state index in [9.17, 15) is 4.79 Å². The van der Waals surface area contributed by atoms with E-state index in [-0.39, 0.29) is 12.5 Å². The highest BCUT2D eigenvalue weighted by atomic mass is 16.5. The van der Waals surface area contributed by atoms with Gasteiger partial charge in [-0.3, -0.25) is 4.79 Å². The predicted molar refractivity (Wildman–Crippen MR) is 58.0 cm³/mol. The number of carbonyl (C=O) groups is 1. The highest BCUT2D eigenvalue weighted by molar-refractivity contribution is 5.79. The van der Waals surface area contributed by atoms with Gasteiger partial charge < -0.3 is 24.4 Å². The summed E-state index contributed by atoms with van der Waals surface area (Å²) in [6.07, 6.45) is 0. The maximum Gasteiger partial charge on any atom is 0.300 e. The molecule has 6 heteroatoms. The van der Waals surface area contributed by atoms with Crippen LogP contribution in [0.4, 0.5) is 0 Å². The number of methoxy groups -OCH3 is 1. The zero-order chi connectivity index (χ0) is 12.1. The van der Waals surface area contributed by atoms with E-state index in [1.54, 1.807) is 7.11 Å². The first-order chi connectivity index (χ1) is 7.81. The van der Waals surface area contributed by atoms with E-state index >= 15 is 0 Å². The molecular weight excluding hydrogens is 212 g/mol. The van der Waals surface area contributed by atoms with E-state index in [2.05, 4.69) is 10.2 Å². The molecule has 0 aliphatic heterocycles. The van der Waals surface area contributed by atoms with Gasteiger partial charge in [0.1, 0.15) is 0 Å². The molecule has 0 aliphatic rings. The number of hydrogen-bond acceptors (Lipinski definition) is 4. The summed E-state index contributed by atoms with van der Waals surface area (Å²) in [5.74, 6) is -0.269. The molecule has 0 spiro atoms. The Labute approximate surface area is 95.7 Å². The van der Waals surface area contributed by atoms with Crippen LogP contribution in [0.15, 0.2) is 0 Å². The van der Waals surface area contributed by atoms with Gasteiger partial charge in [0.2, 0.25) is 0 Å². The molecule has 0 aromatic rings. The van der Waals surface area contributed by atoms with Crippen LogP contribution in [0.1, 0.15) is 0 Å². The Morgan fingerprint density at radius 2 is 1.81 bits per heavy atom. The first-order valence-corrected chi connectivity index (χ1v) is 5.05. The first-order valence-electron chi connectivity index (χ1n) is 5.05. The molecular formula is C10H18N2O4. The summed E-state index contributed by atoms with van der Waals surface area (Å²) in [5, 5.41) is 2.56. The van der Waals surface area contributed by atoms with Gasteiger partial charge in [-0.2, -0.15) is 0 Å². The van der Waals surface area contributed by atoms with Gasteiger partial charge in [0, 0.05) is 13.7 Å². The molecule has 1 N–H and O–H groups in total. The molecule has 0 bridgehead atoms. The minimum atomic E-state index is -0.269. The van der Waals surface area contributed by atoms with Gasteiger partial charge in [-0.1, -0.05) is 0 Å². The minimum Gasteiger partial charge on any atom is -0.382 e. The zero-order valence-corrected chi connectivity index (χ0v) is 9.53. The molecule has 0 aromatic carbocycles. The van der Waals surface area contributed by atoms with Crippen molar-refractivity contribution in [3.8, 4) is 0 Å². The molecule has 6 nitrogen and oxygen atoms in total. The second kappa shape index (κ2) is 11.9. The van der Waals surface area contributed by atoms with Crippen molar-refractivity contribution in [1.29, 1.82) is 0 Å². The Hall–Kier alpha value is -1.16. The fraction of sp³-hybridized carbons (Fsp3) is 0.800. The third-order valence-electron chi connectivity index (χ3n) is 1.60. The van der Waals surface area contributed by atoms with Crippen LogP contribution in [0, 0.1) is 6.57 Å². The summed E-state index contributed by atoms with van der Waals surface area (Å²) >= 11 is 0. The fourth-order valence-electron chi connectivity index (χ4n) is 0.855. The normalized spacial score (nSPS) is 9.75. The monoisotopic (exact) mass is 230 g/mol. The van der Waals surface area contributed by atoms with Crippen molar-refractivity contribution in [2.75, 3.05) is 53.2 Å². The minimum absolute atomic E-state index is 0.125. The van der Waals surface area contributed by atoms with Crippen LogP contribution < -0.4 is 5.32 Å². The van der Waals surface area contributed by atoms with Crippen LogP contribution in [0.3, 0.4) is 0 Å². The highest BCUT2D eigenvalue weighted by Crippen LogP contribution is 1.79. The molecule has 0 aliphatic carbocycles. The molecule has 0 atom stereocenters. The Morgan fingerprint density at radius 1 is 1.19 bits per heavy atom. The van der Waals surface area contributed by atoms with Crippen molar-refractivity contribution >= 4 is 5.91 Å². The fourth-order valence-corrected chi connectivity index (χ4v) is 0.855. The Morgan fingerprint density at radius 3 is 2.44 bits per heavy atom. The standard InChI is InChI=1S/C10H18N2O4/c1-11-9-10(13)12-3-4-15-7-8-16-6-5-14-2/h3-9H2,2H3,(H,12,13). The van der Waals surface area contributed by atoms with Crippen LogP contribution in [0.2, 0.25) is 0 Å². The van der Waals surface area contributed by atoms with Crippen molar-refractivity contribution in [3.63, 3.8) is 0 Å². The van der Waals surface area contributed by atoms with E-state index in [1.165, 1.54) is 0 Å². The van der Waals surface area contributed by atoms with Crippen molar-refractivity contribution in [1.82, 2.24) is 5.32 Å². The summed E-state index contributed by atoms with van der Waals surface area (Å²) in [4.78, 5) is 13.8. The van der Waals surface area contributed by atoms with Gasteiger partial charge in [0.25, 0.3) is 12.5 Å². The molecule has 0 fully saturated rings. The predicted octanol–water partition coefficient (Wildman–Crippen LogP) is -0.299. The van der Waals surface area contributed by atoms with Gasteiger partial charge >= 0.3 is 0 Å². The number of nitrogens with one attached hydrogen (secondary N) is 1. The quantitative estimate of drug-likeness (QED) is 0.413. The lowest BCUT2D eigenvalue weighted by Gasteiger charge is -2.05. The van der Waals surface area contributed by atoms with E-state index < -0.39 is 0 Å². The number of carbonyl (C=O) groups excluding carboxylic acids is 1. The second-order valence-electron chi connectivity index (χ2n) is 2.88. The molecule has 0 rings (SSSR count). The van der Waals surface area contributed by atoms with Crippen LogP contribution in [0.5, 0.6) is 0 Å². The lowest BCUT2D eigenvalue weighted by molar-refractivity contribution is -0.119. The summed E-state index contributed by atoms with van der Waals surface area (Å²) in [6.45, 7) is 9.33. The number of hydrogen-bond donors (Lipinski definition) is 1. The zero-order valence-electron chi connectivity index (χ0n) is 9.53. The van der Waals surface area contributed by atoms with E-state index in [1.807, 2.05) is 0 Å². The number of ether oxygens (including phenoxy) is 3. The maximum absolute atomic E-state index is 10.8. The van der Waals surface area contributed by atoms with Crippen molar-refractivity contribution < 1.29 is 19.0 Å². The molecule has 0 saturated heterocycles. The molecule has 1 amide bonds. The van der Waals surface area contributed by atoms with Gasteiger partial charge in [-0.15, -0.1) is 0 Å². The third-order valence-corrected chi connectivity index (χ3v) is 1.60. The van der Waals surface area contributed by atoms with Crippen LogP contribution >= 0.6 is 0 Å². The second-order valence-corrected chi connectivity index (χ2v) is 2.88. The number of rotatable bonds is 10. The van der Waals surface area contributed by atoms with Crippen molar-refractivity contribution in [2.24, 2.45) is 0 Å². The smallest absolute Gasteiger partial charge is 0.300 e. The van der Waals surface area contributed by atoms with E-state index in [0.29, 0.717) is 39.6 Å². The van der Waals surface area contributed by atoms with Gasteiger partial charge in [0.15, 0.2) is 0 Å². The Bertz CT molecular complexity index is 215. The highest BCUT2D eigenvalue weighted by Gasteiger charge is 2.00. The molecule has 0 radical (unpaired) electrons. The van der Waals surface area contributed by atoms with Gasteiger partial charge in [0.05, 0.1) is 33.0 Å². The first kappa shape index (κ1) is 14.8. The van der Waals surface area contributed by atoms with Crippen molar-refractivity contribution in [2.45, 2.75) is 0 Å². The number of amides is 1. The Kier molecular flexibility index (Phi) is 11.0. The topological polar surface area (TPSA) is 61.2 Å². The van der Waals surface area contributed by atoms with Crippen LogP contribution in [-0.4, -0.2) is 59.1 Å². The van der Waals surface area contributed by atoms with Gasteiger partial charge in [-0.25, -0.2) is 6.57 Å². The Balaban J connectivity index is 3.04.